The van der Waals surface area contributed by atoms with Crippen LogP contribution >= 0.6 is 0 Å². The van der Waals surface area contributed by atoms with E-state index >= 15 is 0 Å². The molecule has 2 atom stereocenters. The Bertz CT molecular complexity index is 1490. The van der Waals surface area contributed by atoms with Crippen molar-refractivity contribution in [2.75, 3.05) is 21.1 Å². The predicted molar refractivity (Wildman–Crippen MR) is 164 cm³/mol. The monoisotopic (exact) mass is 558 g/mol. The Labute approximate surface area is 237 Å². The number of fused-ring (bicyclic) bond motifs is 1. The number of benzene rings is 3. The molecule has 0 aliphatic carbocycles. The van der Waals surface area contributed by atoms with Gasteiger partial charge in [-0.1, -0.05) is 55.8 Å². The maximum Gasteiger partial charge on any atom is 0.258 e. The van der Waals surface area contributed by atoms with Crippen LogP contribution in [0.5, 0.6) is 0 Å². The van der Waals surface area contributed by atoms with Crippen LogP contribution in [0.25, 0.3) is 11.3 Å². The number of carbonyl (C=O) groups is 1. The van der Waals surface area contributed by atoms with Crippen LogP contribution in [0.1, 0.15) is 63.1 Å². The summed E-state index contributed by atoms with van der Waals surface area (Å²) in [6.07, 6.45) is 4.29. The minimum absolute atomic E-state index is 0.0341. The first-order valence-corrected chi connectivity index (χ1v) is 15.8. The van der Waals surface area contributed by atoms with E-state index in [1.807, 2.05) is 37.3 Å². The van der Waals surface area contributed by atoms with Gasteiger partial charge in [-0.3, -0.25) is 14.4 Å². The Morgan fingerprint density at radius 2 is 1.62 bits per heavy atom. The van der Waals surface area contributed by atoms with Crippen LogP contribution < -0.4 is 15.4 Å². The van der Waals surface area contributed by atoms with Crippen molar-refractivity contribution in [1.82, 2.24) is 4.90 Å². The molecule has 0 saturated carbocycles. The third kappa shape index (κ3) is 6.24. The fourth-order valence-electron chi connectivity index (χ4n) is 5.70. The van der Waals surface area contributed by atoms with E-state index in [1.165, 1.54) is 24.8 Å². The summed E-state index contributed by atoms with van der Waals surface area (Å²) in [6.45, 7) is 7.37. The van der Waals surface area contributed by atoms with Crippen molar-refractivity contribution >= 4 is 44.3 Å². The molecule has 3 aromatic rings. The summed E-state index contributed by atoms with van der Waals surface area (Å²) in [5.74, 6) is -0.202. The van der Waals surface area contributed by atoms with Crippen molar-refractivity contribution < 1.29 is 13.2 Å². The zero-order valence-electron chi connectivity index (χ0n) is 23.4. The smallest absolute Gasteiger partial charge is 0.258 e. The van der Waals surface area contributed by atoms with Gasteiger partial charge in [-0.2, -0.15) is 0 Å². The van der Waals surface area contributed by atoms with E-state index in [1.54, 1.807) is 18.2 Å². The molecule has 0 spiro atoms. The summed E-state index contributed by atoms with van der Waals surface area (Å²) in [5.41, 5.74) is 5.85. The molecule has 210 valence electrons. The van der Waals surface area contributed by atoms with Gasteiger partial charge in [-0.05, 0) is 74.6 Å². The van der Waals surface area contributed by atoms with Crippen molar-refractivity contribution in [3.63, 3.8) is 0 Å². The summed E-state index contributed by atoms with van der Waals surface area (Å²) in [5, 5.41) is 6.45. The Kier molecular flexibility index (Phi) is 8.28. The molecule has 2 heterocycles. The lowest BCUT2D eigenvalue weighted by atomic mass is 9.96. The fraction of sp³-hybridized carbons (Fsp3) is 0.344. The minimum Gasteiger partial charge on any atom is -0.354 e. The van der Waals surface area contributed by atoms with Crippen LogP contribution in [-0.2, 0) is 21.4 Å². The lowest BCUT2D eigenvalue weighted by molar-refractivity contribution is -0.110. The normalized spacial score (nSPS) is 20.5. The molecule has 0 aromatic heterocycles. The van der Waals surface area contributed by atoms with E-state index in [9.17, 15) is 13.2 Å². The summed E-state index contributed by atoms with van der Waals surface area (Å²) >= 11 is 0. The molecule has 1 amide bonds. The molecule has 3 N–H and O–H groups in total. The van der Waals surface area contributed by atoms with Gasteiger partial charge in [0.05, 0.1) is 17.0 Å². The van der Waals surface area contributed by atoms with Crippen molar-refractivity contribution in [2.45, 2.75) is 65.1 Å². The van der Waals surface area contributed by atoms with Gasteiger partial charge in [0, 0.05) is 41.3 Å². The maximum absolute atomic E-state index is 13.3. The Morgan fingerprint density at radius 1 is 0.950 bits per heavy atom. The molecule has 1 fully saturated rings. The molecule has 0 bridgehead atoms. The van der Waals surface area contributed by atoms with Gasteiger partial charge in [0.1, 0.15) is 0 Å². The van der Waals surface area contributed by atoms with Crippen molar-refractivity contribution in [2.24, 2.45) is 0 Å². The summed E-state index contributed by atoms with van der Waals surface area (Å²) in [7, 11) is -3.47. The van der Waals surface area contributed by atoms with Gasteiger partial charge in [-0.15, -0.1) is 0 Å². The minimum atomic E-state index is -3.47. The van der Waals surface area contributed by atoms with Crippen molar-refractivity contribution in [1.29, 1.82) is 0 Å². The first-order valence-electron chi connectivity index (χ1n) is 14.1. The van der Waals surface area contributed by atoms with Gasteiger partial charge in [0.25, 0.3) is 5.91 Å². The molecule has 7 nitrogen and oxygen atoms in total. The average molecular weight is 559 g/mol. The number of nitrogens with one attached hydrogen (secondary N) is 3. The first kappa shape index (κ1) is 27.9. The molecule has 40 heavy (non-hydrogen) atoms. The average Bonchev–Trinajstić information content (AvgIpc) is 3.25. The van der Waals surface area contributed by atoms with Crippen LogP contribution in [0.3, 0.4) is 0 Å². The molecule has 3 aromatic carbocycles. The quantitative estimate of drug-likeness (QED) is 0.260. The third-order valence-corrected chi connectivity index (χ3v) is 9.28. The molecule has 1 saturated heterocycles. The SMILES string of the molecule is CCCS(=O)(=O)Nc1ccc2c(c1)C(=C(Nc1ccc(CN3C(C)CCCC3C)cc1)c1ccccc1)C(=O)N2. The van der Waals surface area contributed by atoms with Gasteiger partial charge in [0.15, 0.2) is 0 Å². The molecular weight excluding hydrogens is 520 g/mol. The first-order chi connectivity index (χ1) is 19.2. The highest BCUT2D eigenvalue weighted by molar-refractivity contribution is 7.92. The lowest BCUT2D eigenvalue weighted by Gasteiger charge is -2.39. The second-order valence-electron chi connectivity index (χ2n) is 10.9. The number of sulfonamides is 1. The van der Waals surface area contributed by atoms with Crippen LogP contribution in [0.4, 0.5) is 17.1 Å². The molecule has 2 unspecified atom stereocenters. The van der Waals surface area contributed by atoms with E-state index in [0.717, 1.165) is 17.8 Å². The topological polar surface area (TPSA) is 90.5 Å². The number of likely N-dealkylation sites (tertiary alicyclic amines) is 1. The molecule has 2 aliphatic rings. The molecule has 2 aliphatic heterocycles. The van der Waals surface area contributed by atoms with Crippen LogP contribution in [0.2, 0.25) is 0 Å². The number of hydrogen-bond acceptors (Lipinski definition) is 5. The van der Waals surface area contributed by atoms with Gasteiger partial charge >= 0.3 is 0 Å². The molecule has 5 rings (SSSR count). The second-order valence-corrected chi connectivity index (χ2v) is 12.7. The van der Waals surface area contributed by atoms with Crippen LogP contribution in [-0.4, -0.2) is 37.1 Å². The zero-order valence-corrected chi connectivity index (χ0v) is 24.2. The highest BCUT2D eigenvalue weighted by Crippen LogP contribution is 2.39. The standard InChI is InChI=1S/C32H38N4O3S/c1-4-19-40(38,39)35-27-17-18-29-28(20-27)30(32(37)34-29)31(25-11-6-5-7-12-25)33-26-15-13-24(14-16-26)21-36-22(2)9-8-10-23(36)3/h5-7,11-18,20,22-23,33,35H,4,8-10,19,21H2,1-3H3,(H,34,37). The molecule has 0 radical (unpaired) electrons. The number of anilines is 3. The lowest BCUT2D eigenvalue weighted by Crippen LogP contribution is -2.42. The highest BCUT2D eigenvalue weighted by Gasteiger charge is 2.29. The number of nitrogens with zero attached hydrogens (tertiary/aromatic N) is 1. The second kappa shape index (κ2) is 11.9. The van der Waals surface area contributed by atoms with Crippen molar-refractivity contribution in [3.05, 3.63) is 89.5 Å². The molecular formula is C32H38N4O3S. The Hall–Kier alpha value is -3.62. The van der Waals surface area contributed by atoms with Crippen LogP contribution in [0, 0.1) is 0 Å². The number of amides is 1. The van der Waals surface area contributed by atoms with E-state index in [-0.39, 0.29) is 11.7 Å². The number of rotatable bonds is 9. The molecule has 8 heteroatoms. The maximum atomic E-state index is 13.3. The Balaban J connectivity index is 1.48. The van der Waals surface area contributed by atoms with E-state index < -0.39 is 10.0 Å². The third-order valence-electron chi connectivity index (χ3n) is 7.79. The van der Waals surface area contributed by atoms with E-state index in [4.69, 9.17) is 0 Å². The number of carbonyl (C=O) groups excluding carboxylic acids is 1. The van der Waals surface area contributed by atoms with E-state index in [0.29, 0.717) is 46.7 Å². The summed E-state index contributed by atoms with van der Waals surface area (Å²) < 4.78 is 27.5. The fourth-order valence-corrected chi connectivity index (χ4v) is 6.82. The van der Waals surface area contributed by atoms with Gasteiger partial charge in [0.2, 0.25) is 10.0 Å². The summed E-state index contributed by atoms with van der Waals surface area (Å²) in [4.78, 5) is 15.9. The number of hydrogen-bond donors (Lipinski definition) is 3. The van der Waals surface area contributed by atoms with Crippen molar-refractivity contribution in [3.8, 4) is 0 Å². The van der Waals surface area contributed by atoms with Gasteiger partial charge < -0.3 is 10.6 Å². The highest BCUT2D eigenvalue weighted by atomic mass is 32.2. The van der Waals surface area contributed by atoms with Crippen LogP contribution in [0.15, 0.2) is 72.8 Å². The van der Waals surface area contributed by atoms with E-state index in [2.05, 4.69) is 58.4 Å². The zero-order chi connectivity index (χ0) is 28.3. The predicted octanol–water partition coefficient (Wildman–Crippen LogP) is 6.53. The summed E-state index contributed by atoms with van der Waals surface area (Å²) in [6, 6.07) is 24.4. The number of piperidine rings is 1. The Morgan fingerprint density at radius 3 is 2.30 bits per heavy atom. The largest absolute Gasteiger partial charge is 0.354 e. The van der Waals surface area contributed by atoms with Gasteiger partial charge in [-0.25, -0.2) is 8.42 Å².